The summed E-state index contributed by atoms with van der Waals surface area (Å²) in [6, 6.07) is 7.50. The minimum Gasteiger partial charge on any atom is -0.268 e. The second kappa shape index (κ2) is 5.22. The smallest absolute Gasteiger partial charge is 0.268 e. The van der Waals surface area contributed by atoms with Crippen LogP contribution >= 0.6 is 0 Å². The summed E-state index contributed by atoms with van der Waals surface area (Å²) in [5.41, 5.74) is 0.878. The Morgan fingerprint density at radius 1 is 1.14 bits per heavy atom. The molecule has 3 aromatic rings. The van der Waals surface area contributed by atoms with Gasteiger partial charge in [0, 0.05) is 5.56 Å². The Kier molecular flexibility index (Phi) is 3.36. The van der Waals surface area contributed by atoms with E-state index in [9.17, 15) is 14.0 Å². The molecule has 5 nitrogen and oxygen atoms in total. The number of aromatic amines is 2. The first-order chi connectivity index (χ1) is 10.5. The van der Waals surface area contributed by atoms with E-state index in [4.69, 9.17) is 0 Å². The molecule has 2 aromatic heterocycles. The van der Waals surface area contributed by atoms with Crippen molar-refractivity contribution in [2.24, 2.45) is 0 Å². The van der Waals surface area contributed by atoms with Gasteiger partial charge in [0.2, 0.25) is 0 Å². The lowest BCUT2D eigenvalue weighted by atomic mass is 10.0. The SMILES string of the molecule is CC(C)n1c(=O)[nH]c(=O)c2c(-c3ccc(F)cc3)cc[nH+]c21. The summed E-state index contributed by atoms with van der Waals surface area (Å²) in [5.74, 6) is -0.344. The van der Waals surface area contributed by atoms with Crippen molar-refractivity contribution in [3.63, 3.8) is 0 Å². The Morgan fingerprint density at radius 2 is 1.82 bits per heavy atom. The zero-order valence-electron chi connectivity index (χ0n) is 12.2. The number of nitrogens with one attached hydrogen (secondary N) is 2. The van der Waals surface area contributed by atoms with Gasteiger partial charge in [-0.2, -0.15) is 4.57 Å². The number of hydrogen-bond acceptors (Lipinski definition) is 2. The summed E-state index contributed by atoms with van der Waals surface area (Å²) in [4.78, 5) is 29.6. The number of aromatic nitrogens is 3. The van der Waals surface area contributed by atoms with E-state index >= 15 is 0 Å². The van der Waals surface area contributed by atoms with Gasteiger partial charge in [0.25, 0.3) is 11.2 Å². The maximum Gasteiger partial charge on any atom is 0.416 e. The van der Waals surface area contributed by atoms with Gasteiger partial charge in [0.15, 0.2) is 0 Å². The number of benzene rings is 1. The standard InChI is InChI=1S/C16H14FN3O2/c1-9(2)20-14-13(15(21)19-16(20)22)12(7-8-18-14)10-3-5-11(17)6-4-10/h3-9H,1-2H3,(H,19,21,22)/p+1. The van der Waals surface area contributed by atoms with Crippen LogP contribution in [0.2, 0.25) is 0 Å². The Bertz CT molecular complexity index is 956. The van der Waals surface area contributed by atoms with Crippen LogP contribution < -0.4 is 16.2 Å². The third-order valence-corrected chi connectivity index (χ3v) is 3.56. The maximum atomic E-state index is 13.1. The zero-order chi connectivity index (χ0) is 15.9. The van der Waals surface area contributed by atoms with E-state index in [2.05, 4.69) is 9.97 Å². The fourth-order valence-corrected chi connectivity index (χ4v) is 2.59. The Hall–Kier alpha value is -2.76. The van der Waals surface area contributed by atoms with Crippen molar-refractivity contribution in [3.8, 4) is 11.1 Å². The predicted molar refractivity (Wildman–Crippen MR) is 81.2 cm³/mol. The lowest BCUT2D eigenvalue weighted by molar-refractivity contribution is -0.350. The van der Waals surface area contributed by atoms with E-state index in [0.717, 1.165) is 0 Å². The van der Waals surface area contributed by atoms with Crippen LogP contribution in [0.4, 0.5) is 4.39 Å². The largest absolute Gasteiger partial charge is 0.416 e. The number of pyridine rings is 1. The lowest BCUT2D eigenvalue weighted by Gasteiger charge is -2.08. The normalized spacial score (nSPS) is 11.3. The molecule has 0 spiro atoms. The quantitative estimate of drug-likeness (QED) is 0.785. The van der Waals surface area contributed by atoms with E-state index in [1.54, 1.807) is 24.4 Å². The van der Waals surface area contributed by atoms with Crippen LogP contribution in [0, 0.1) is 5.82 Å². The van der Waals surface area contributed by atoms with Crippen LogP contribution in [-0.2, 0) is 0 Å². The molecule has 2 heterocycles. The minimum absolute atomic E-state index is 0.119. The van der Waals surface area contributed by atoms with Gasteiger partial charge >= 0.3 is 5.69 Å². The zero-order valence-corrected chi connectivity index (χ0v) is 12.2. The van der Waals surface area contributed by atoms with Crippen LogP contribution in [0.3, 0.4) is 0 Å². The molecule has 0 aliphatic heterocycles. The van der Waals surface area contributed by atoms with Crippen LogP contribution in [0.25, 0.3) is 22.2 Å². The molecule has 0 saturated carbocycles. The van der Waals surface area contributed by atoms with Gasteiger partial charge in [-0.25, -0.2) is 14.2 Å². The van der Waals surface area contributed by atoms with Crippen molar-refractivity contribution in [1.29, 1.82) is 0 Å². The fraction of sp³-hybridized carbons (Fsp3) is 0.188. The molecule has 6 heteroatoms. The van der Waals surface area contributed by atoms with E-state index in [1.807, 2.05) is 13.8 Å². The monoisotopic (exact) mass is 300 g/mol. The van der Waals surface area contributed by atoms with E-state index in [-0.39, 0.29) is 11.9 Å². The highest BCUT2D eigenvalue weighted by Gasteiger charge is 2.20. The average molecular weight is 300 g/mol. The molecule has 0 aliphatic rings. The van der Waals surface area contributed by atoms with Crippen LogP contribution in [0.15, 0.2) is 46.1 Å². The Morgan fingerprint density at radius 3 is 2.45 bits per heavy atom. The molecule has 112 valence electrons. The number of halogens is 1. The number of fused-ring (bicyclic) bond motifs is 1. The van der Waals surface area contributed by atoms with Crippen LogP contribution in [0.5, 0.6) is 0 Å². The number of rotatable bonds is 2. The minimum atomic E-state index is -0.465. The van der Waals surface area contributed by atoms with Gasteiger partial charge in [-0.05, 0) is 37.6 Å². The van der Waals surface area contributed by atoms with E-state index < -0.39 is 11.2 Å². The topological polar surface area (TPSA) is 69.0 Å². The van der Waals surface area contributed by atoms with E-state index in [0.29, 0.717) is 22.2 Å². The van der Waals surface area contributed by atoms with Crippen molar-refractivity contribution in [1.82, 2.24) is 9.55 Å². The lowest BCUT2D eigenvalue weighted by Crippen LogP contribution is -2.34. The molecule has 2 N–H and O–H groups in total. The summed E-state index contributed by atoms with van der Waals surface area (Å²) in [5, 5.41) is 0.377. The summed E-state index contributed by atoms with van der Waals surface area (Å²) >= 11 is 0. The molecule has 1 aromatic carbocycles. The van der Waals surface area contributed by atoms with Gasteiger partial charge < -0.3 is 0 Å². The van der Waals surface area contributed by atoms with Gasteiger partial charge in [-0.15, -0.1) is 0 Å². The molecule has 0 radical (unpaired) electrons. The van der Waals surface area contributed by atoms with Gasteiger partial charge in [-0.3, -0.25) is 9.78 Å². The molecule has 0 bridgehead atoms. The fourth-order valence-electron chi connectivity index (χ4n) is 2.59. The summed E-state index contributed by atoms with van der Waals surface area (Å²) < 4.78 is 14.6. The molecule has 0 unspecified atom stereocenters. The highest BCUT2D eigenvalue weighted by molar-refractivity contribution is 5.90. The number of H-pyrrole nitrogens is 2. The van der Waals surface area contributed by atoms with Crippen LogP contribution in [-0.4, -0.2) is 9.55 Å². The van der Waals surface area contributed by atoms with Gasteiger partial charge in [0.05, 0.1) is 6.20 Å². The highest BCUT2D eigenvalue weighted by Crippen LogP contribution is 2.24. The van der Waals surface area contributed by atoms with Crippen molar-refractivity contribution in [2.75, 3.05) is 0 Å². The first kappa shape index (κ1) is 14.2. The second-order valence-electron chi connectivity index (χ2n) is 5.34. The maximum absolute atomic E-state index is 13.1. The Labute approximate surface area is 125 Å². The van der Waals surface area contributed by atoms with E-state index in [1.165, 1.54) is 16.7 Å². The van der Waals surface area contributed by atoms with Crippen molar-refractivity contribution in [3.05, 3.63) is 63.2 Å². The molecular formula is C16H15FN3O2+. The molecule has 0 saturated heterocycles. The first-order valence-corrected chi connectivity index (χ1v) is 6.94. The molecule has 0 aliphatic carbocycles. The van der Waals surface area contributed by atoms with Gasteiger partial charge in [0.1, 0.15) is 17.2 Å². The second-order valence-corrected chi connectivity index (χ2v) is 5.34. The predicted octanol–water partition coefficient (Wildman–Crippen LogP) is 1.89. The first-order valence-electron chi connectivity index (χ1n) is 6.94. The molecule has 3 rings (SSSR count). The molecule has 0 atom stereocenters. The average Bonchev–Trinajstić information content (AvgIpc) is 2.47. The molecule has 0 fully saturated rings. The van der Waals surface area contributed by atoms with Crippen LogP contribution in [0.1, 0.15) is 19.9 Å². The van der Waals surface area contributed by atoms with Crippen molar-refractivity contribution < 1.29 is 9.37 Å². The molecule has 22 heavy (non-hydrogen) atoms. The summed E-state index contributed by atoms with van der Waals surface area (Å²) in [6.45, 7) is 3.72. The molecule has 0 amide bonds. The summed E-state index contributed by atoms with van der Waals surface area (Å²) in [6.07, 6.45) is 1.67. The van der Waals surface area contributed by atoms with Crippen molar-refractivity contribution in [2.45, 2.75) is 19.9 Å². The summed E-state index contributed by atoms with van der Waals surface area (Å²) in [7, 11) is 0. The third kappa shape index (κ3) is 2.22. The van der Waals surface area contributed by atoms with Crippen molar-refractivity contribution >= 4 is 11.0 Å². The highest BCUT2D eigenvalue weighted by atomic mass is 19.1. The number of nitrogens with zero attached hydrogens (tertiary/aromatic N) is 1. The Balaban J connectivity index is 2.43. The van der Waals surface area contributed by atoms with Gasteiger partial charge in [-0.1, -0.05) is 12.1 Å². The number of hydrogen-bond donors (Lipinski definition) is 1. The third-order valence-electron chi connectivity index (χ3n) is 3.56. The molecular weight excluding hydrogens is 285 g/mol.